The molecule has 0 saturated heterocycles. The third-order valence-electron chi connectivity index (χ3n) is 3.48. The second-order valence-electron chi connectivity index (χ2n) is 5.10. The molecule has 1 saturated carbocycles. The van der Waals surface area contributed by atoms with E-state index in [0.717, 1.165) is 36.9 Å². The second-order valence-corrected chi connectivity index (χ2v) is 5.10. The van der Waals surface area contributed by atoms with E-state index < -0.39 is 0 Å². The summed E-state index contributed by atoms with van der Waals surface area (Å²) in [6.45, 7) is 7.18. The lowest BCUT2D eigenvalue weighted by atomic mass is 10.2. The number of rotatable bonds is 6. The van der Waals surface area contributed by atoms with Crippen LogP contribution in [0.15, 0.2) is 18.2 Å². The average Bonchev–Trinajstić information content (AvgIpc) is 3.12. The molecule has 0 aliphatic heterocycles. The first-order valence-electron chi connectivity index (χ1n) is 6.59. The summed E-state index contributed by atoms with van der Waals surface area (Å²) in [6, 6.07) is 6.56. The molecule has 17 heavy (non-hydrogen) atoms. The van der Waals surface area contributed by atoms with Crippen LogP contribution in [0.5, 0.6) is 0 Å². The molecule has 1 heterocycles. The molecule has 0 spiro atoms. The van der Waals surface area contributed by atoms with E-state index in [9.17, 15) is 0 Å². The van der Waals surface area contributed by atoms with Crippen molar-refractivity contribution >= 4 is 0 Å². The number of nitrogens with zero attached hydrogens (tertiary/aromatic N) is 2. The Balaban J connectivity index is 1.89. The molecule has 1 aliphatic rings. The number of aromatic nitrogens is 1. The minimum absolute atomic E-state index is 0.347. The molecule has 1 aromatic rings. The van der Waals surface area contributed by atoms with Gasteiger partial charge in [0.2, 0.25) is 0 Å². The fourth-order valence-corrected chi connectivity index (χ4v) is 2.19. The van der Waals surface area contributed by atoms with E-state index in [2.05, 4.69) is 28.9 Å². The number of aryl methyl sites for hydroxylation is 1. The van der Waals surface area contributed by atoms with Crippen LogP contribution in [0.2, 0.25) is 0 Å². The predicted octanol–water partition coefficient (Wildman–Crippen LogP) is 1.95. The topological polar surface area (TPSA) is 42.2 Å². The van der Waals surface area contributed by atoms with Gasteiger partial charge in [-0.2, -0.15) is 0 Å². The maximum absolute atomic E-state index is 6.18. The smallest absolute Gasteiger partial charge is 0.0547 e. The number of nitrogens with two attached hydrogens (primary N) is 1. The Hall–Kier alpha value is -0.930. The van der Waals surface area contributed by atoms with Crippen LogP contribution in [-0.2, 0) is 6.54 Å². The van der Waals surface area contributed by atoms with Crippen molar-refractivity contribution in [2.75, 3.05) is 13.1 Å². The van der Waals surface area contributed by atoms with Gasteiger partial charge >= 0.3 is 0 Å². The van der Waals surface area contributed by atoms with Crippen LogP contribution >= 0.6 is 0 Å². The lowest BCUT2D eigenvalue weighted by Gasteiger charge is -2.23. The molecule has 94 valence electrons. The van der Waals surface area contributed by atoms with Gasteiger partial charge in [-0.05, 0) is 44.4 Å². The van der Waals surface area contributed by atoms with Crippen molar-refractivity contribution in [1.82, 2.24) is 9.88 Å². The van der Waals surface area contributed by atoms with E-state index >= 15 is 0 Å². The summed E-state index contributed by atoms with van der Waals surface area (Å²) < 4.78 is 0. The van der Waals surface area contributed by atoms with Crippen molar-refractivity contribution in [2.24, 2.45) is 11.7 Å². The van der Waals surface area contributed by atoms with Crippen molar-refractivity contribution in [3.8, 4) is 0 Å². The van der Waals surface area contributed by atoms with Gasteiger partial charge in [0, 0.05) is 24.8 Å². The largest absolute Gasteiger partial charge is 0.326 e. The number of hydrogen-bond acceptors (Lipinski definition) is 3. The molecular formula is C14H23N3. The van der Waals surface area contributed by atoms with Crippen LogP contribution in [-0.4, -0.2) is 29.0 Å². The minimum atomic E-state index is 0.347. The highest BCUT2D eigenvalue weighted by Crippen LogP contribution is 2.31. The van der Waals surface area contributed by atoms with E-state index in [-0.39, 0.29) is 0 Å². The molecule has 0 radical (unpaired) electrons. The summed E-state index contributed by atoms with van der Waals surface area (Å²) in [7, 11) is 0. The second kappa shape index (κ2) is 5.61. The first kappa shape index (κ1) is 12.5. The molecule has 0 aromatic carbocycles. The Morgan fingerprint density at radius 3 is 2.82 bits per heavy atom. The monoisotopic (exact) mass is 233 g/mol. The van der Waals surface area contributed by atoms with Crippen LogP contribution in [0.4, 0.5) is 0 Å². The predicted molar refractivity (Wildman–Crippen MR) is 70.6 cm³/mol. The summed E-state index contributed by atoms with van der Waals surface area (Å²) in [6.07, 6.45) is 2.64. The van der Waals surface area contributed by atoms with Gasteiger partial charge in [0.15, 0.2) is 0 Å². The average molecular weight is 233 g/mol. The molecule has 3 nitrogen and oxygen atoms in total. The number of hydrogen-bond donors (Lipinski definition) is 1. The van der Waals surface area contributed by atoms with Crippen molar-refractivity contribution in [3.05, 3.63) is 29.6 Å². The lowest BCUT2D eigenvalue weighted by molar-refractivity contribution is 0.250. The third kappa shape index (κ3) is 3.79. The first-order chi connectivity index (χ1) is 8.19. The van der Waals surface area contributed by atoms with Gasteiger partial charge in [-0.25, -0.2) is 0 Å². The maximum Gasteiger partial charge on any atom is 0.0547 e. The Labute approximate surface area is 104 Å². The maximum atomic E-state index is 6.18. The number of pyridine rings is 1. The lowest BCUT2D eigenvalue weighted by Crippen LogP contribution is -2.38. The highest BCUT2D eigenvalue weighted by atomic mass is 15.1. The minimum Gasteiger partial charge on any atom is -0.326 e. The molecule has 0 bridgehead atoms. The van der Waals surface area contributed by atoms with Crippen LogP contribution in [0.1, 0.15) is 31.2 Å². The molecule has 3 heteroatoms. The van der Waals surface area contributed by atoms with Gasteiger partial charge in [0.1, 0.15) is 0 Å². The van der Waals surface area contributed by atoms with Crippen LogP contribution in [0.3, 0.4) is 0 Å². The summed E-state index contributed by atoms with van der Waals surface area (Å²) in [5.41, 5.74) is 8.41. The Kier molecular flexibility index (Phi) is 4.13. The molecule has 1 atom stereocenters. The summed E-state index contributed by atoms with van der Waals surface area (Å²) in [5.74, 6) is 0.773. The van der Waals surface area contributed by atoms with Crippen molar-refractivity contribution in [3.63, 3.8) is 0 Å². The van der Waals surface area contributed by atoms with Gasteiger partial charge in [0.25, 0.3) is 0 Å². The molecule has 0 amide bonds. The Morgan fingerprint density at radius 1 is 1.47 bits per heavy atom. The third-order valence-corrected chi connectivity index (χ3v) is 3.48. The zero-order valence-electron chi connectivity index (χ0n) is 10.9. The highest BCUT2D eigenvalue weighted by molar-refractivity contribution is 5.09. The van der Waals surface area contributed by atoms with Crippen LogP contribution < -0.4 is 5.73 Å². The molecule has 1 aromatic heterocycles. The standard InChI is InChI=1S/C14H23N3/c1-3-17(10-14(15)12-7-8-12)9-13-6-4-5-11(2)16-13/h4-6,12,14H,3,7-10,15H2,1-2H3. The number of likely N-dealkylation sites (N-methyl/N-ethyl adjacent to an activating group) is 1. The highest BCUT2D eigenvalue weighted by Gasteiger charge is 2.29. The fourth-order valence-electron chi connectivity index (χ4n) is 2.19. The zero-order valence-corrected chi connectivity index (χ0v) is 10.9. The molecule has 1 fully saturated rings. The van der Waals surface area contributed by atoms with Gasteiger partial charge < -0.3 is 5.73 Å². The van der Waals surface area contributed by atoms with Crippen molar-refractivity contribution in [1.29, 1.82) is 0 Å². The van der Waals surface area contributed by atoms with Crippen LogP contribution in [0.25, 0.3) is 0 Å². The van der Waals surface area contributed by atoms with Gasteiger partial charge in [-0.1, -0.05) is 13.0 Å². The summed E-state index contributed by atoms with van der Waals surface area (Å²) in [4.78, 5) is 6.94. The molecule has 1 unspecified atom stereocenters. The van der Waals surface area contributed by atoms with Gasteiger partial charge in [0.05, 0.1) is 5.69 Å². The van der Waals surface area contributed by atoms with E-state index in [1.807, 2.05) is 13.0 Å². The SMILES string of the molecule is CCN(Cc1cccc(C)n1)CC(N)C1CC1. The van der Waals surface area contributed by atoms with E-state index in [1.165, 1.54) is 12.8 Å². The molecule has 2 rings (SSSR count). The normalized spacial score (nSPS) is 17.4. The van der Waals surface area contributed by atoms with E-state index in [4.69, 9.17) is 5.73 Å². The van der Waals surface area contributed by atoms with Crippen molar-refractivity contribution in [2.45, 2.75) is 39.3 Å². The Morgan fingerprint density at radius 2 is 2.24 bits per heavy atom. The first-order valence-corrected chi connectivity index (χ1v) is 6.59. The molecular weight excluding hydrogens is 210 g/mol. The van der Waals surface area contributed by atoms with Crippen molar-refractivity contribution < 1.29 is 0 Å². The van der Waals surface area contributed by atoms with Gasteiger partial charge in [-0.3, -0.25) is 9.88 Å². The van der Waals surface area contributed by atoms with E-state index in [0.29, 0.717) is 6.04 Å². The summed E-state index contributed by atoms with van der Waals surface area (Å²) >= 11 is 0. The Bertz CT molecular complexity index is 360. The summed E-state index contributed by atoms with van der Waals surface area (Å²) in [5, 5.41) is 0. The molecule has 2 N–H and O–H groups in total. The quantitative estimate of drug-likeness (QED) is 0.816. The fraction of sp³-hybridized carbons (Fsp3) is 0.643. The zero-order chi connectivity index (χ0) is 12.3. The van der Waals surface area contributed by atoms with E-state index in [1.54, 1.807) is 0 Å². The molecule has 1 aliphatic carbocycles. The van der Waals surface area contributed by atoms with Gasteiger partial charge in [-0.15, -0.1) is 0 Å². The van der Waals surface area contributed by atoms with Crippen LogP contribution in [0, 0.1) is 12.8 Å².